The van der Waals surface area contributed by atoms with E-state index in [1.807, 2.05) is 12.1 Å². The van der Waals surface area contributed by atoms with Crippen LogP contribution in [0.2, 0.25) is 0 Å². The van der Waals surface area contributed by atoms with Crippen molar-refractivity contribution >= 4 is 28.2 Å². The number of carbonyl (C=O) groups excluding carboxylic acids is 2. The molecule has 0 spiro atoms. The molecule has 26 heavy (non-hydrogen) atoms. The lowest BCUT2D eigenvalue weighted by Gasteiger charge is -2.18. The van der Waals surface area contributed by atoms with Crippen molar-refractivity contribution in [1.82, 2.24) is 0 Å². The molecule has 4 nitrogen and oxygen atoms in total. The number of nitrogens with two attached hydrogens (primary N) is 1. The standard InChI is InChI=1S/C21H24N2O2S/c1-12-6-9-16-17(10-12)26-21(18(16)19(22)24)23-20(25)15-8-7-13-4-2-3-5-14(13)11-15/h7-8,11-12H,2-6,9-10H2,1H3,(H2,22,24)(H,23,25). The monoisotopic (exact) mass is 368 g/mol. The Hall–Kier alpha value is -2.14. The molecule has 0 aliphatic heterocycles. The minimum atomic E-state index is -0.446. The molecule has 1 atom stereocenters. The summed E-state index contributed by atoms with van der Waals surface area (Å²) in [6, 6.07) is 5.96. The fourth-order valence-electron chi connectivity index (χ4n) is 4.15. The van der Waals surface area contributed by atoms with E-state index in [1.165, 1.54) is 40.2 Å². The van der Waals surface area contributed by atoms with Crippen molar-refractivity contribution in [3.8, 4) is 0 Å². The second-order valence-corrected chi connectivity index (χ2v) is 8.67. The van der Waals surface area contributed by atoms with Gasteiger partial charge in [-0.15, -0.1) is 11.3 Å². The zero-order chi connectivity index (χ0) is 18.3. The number of benzene rings is 1. The Morgan fingerprint density at radius 3 is 2.69 bits per heavy atom. The molecular formula is C21H24N2O2S. The SMILES string of the molecule is CC1CCc2c(sc(NC(=O)c3ccc4c(c3)CCCC4)c2C(N)=O)C1. The van der Waals surface area contributed by atoms with E-state index in [-0.39, 0.29) is 5.91 Å². The summed E-state index contributed by atoms with van der Waals surface area (Å²) in [6.07, 6.45) is 7.41. The first-order chi connectivity index (χ1) is 12.5. The predicted octanol–water partition coefficient (Wildman–Crippen LogP) is 4.10. The van der Waals surface area contributed by atoms with Gasteiger partial charge in [0.1, 0.15) is 5.00 Å². The van der Waals surface area contributed by atoms with Crippen LogP contribution in [0.5, 0.6) is 0 Å². The summed E-state index contributed by atoms with van der Waals surface area (Å²) in [5.41, 5.74) is 10.5. The third kappa shape index (κ3) is 3.16. The molecule has 2 aliphatic carbocycles. The molecular weight excluding hydrogens is 344 g/mol. The van der Waals surface area contributed by atoms with Gasteiger partial charge in [-0.3, -0.25) is 9.59 Å². The molecule has 3 N–H and O–H groups in total. The van der Waals surface area contributed by atoms with Gasteiger partial charge in [0.05, 0.1) is 5.56 Å². The van der Waals surface area contributed by atoms with Crippen molar-refractivity contribution < 1.29 is 9.59 Å². The third-order valence-electron chi connectivity index (χ3n) is 5.60. The van der Waals surface area contributed by atoms with Crippen LogP contribution in [-0.2, 0) is 25.7 Å². The number of thiophene rings is 1. The molecule has 2 aliphatic rings. The summed E-state index contributed by atoms with van der Waals surface area (Å²) in [5.74, 6) is -0.00335. The van der Waals surface area contributed by atoms with Gasteiger partial charge < -0.3 is 11.1 Å². The van der Waals surface area contributed by atoms with Gasteiger partial charge >= 0.3 is 0 Å². The molecule has 0 radical (unpaired) electrons. The maximum atomic E-state index is 12.8. The number of aryl methyl sites for hydroxylation is 2. The molecule has 1 aromatic heterocycles. The van der Waals surface area contributed by atoms with E-state index >= 15 is 0 Å². The van der Waals surface area contributed by atoms with Crippen molar-refractivity contribution in [2.45, 2.75) is 51.9 Å². The lowest BCUT2D eigenvalue weighted by molar-refractivity contribution is 0.1000. The summed E-state index contributed by atoms with van der Waals surface area (Å²) in [6.45, 7) is 2.22. The van der Waals surface area contributed by atoms with Gasteiger partial charge in [-0.25, -0.2) is 0 Å². The number of fused-ring (bicyclic) bond motifs is 2. The van der Waals surface area contributed by atoms with Gasteiger partial charge in [0.2, 0.25) is 0 Å². The Bertz CT molecular complexity index is 884. The zero-order valence-electron chi connectivity index (χ0n) is 15.1. The Balaban J connectivity index is 1.63. The first kappa shape index (κ1) is 17.3. The van der Waals surface area contributed by atoms with Gasteiger partial charge in [-0.1, -0.05) is 13.0 Å². The Kier molecular flexibility index (Phi) is 4.57. The molecule has 1 aromatic carbocycles. The Labute approximate surface area is 157 Å². The van der Waals surface area contributed by atoms with Crippen LogP contribution in [0, 0.1) is 5.92 Å². The smallest absolute Gasteiger partial charge is 0.256 e. The van der Waals surface area contributed by atoms with Crippen molar-refractivity contribution in [1.29, 1.82) is 0 Å². The van der Waals surface area contributed by atoms with Crippen molar-refractivity contribution in [3.05, 3.63) is 50.9 Å². The number of anilines is 1. The summed E-state index contributed by atoms with van der Waals surface area (Å²) < 4.78 is 0. The largest absolute Gasteiger partial charge is 0.365 e. The van der Waals surface area contributed by atoms with Gasteiger partial charge in [0, 0.05) is 10.4 Å². The maximum absolute atomic E-state index is 12.8. The zero-order valence-corrected chi connectivity index (χ0v) is 15.9. The minimum Gasteiger partial charge on any atom is -0.365 e. The summed E-state index contributed by atoms with van der Waals surface area (Å²) in [7, 11) is 0. The lowest BCUT2D eigenvalue weighted by atomic mass is 9.88. The van der Waals surface area contributed by atoms with E-state index in [0.717, 1.165) is 37.7 Å². The molecule has 0 saturated heterocycles. The van der Waals surface area contributed by atoms with E-state index < -0.39 is 5.91 Å². The summed E-state index contributed by atoms with van der Waals surface area (Å²) in [5, 5.41) is 3.58. The first-order valence-corrected chi connectivity index (χ1v) is 10.2. The Morgan fingerprint density at radius 2 is 1.92 bits per heavy atom. The highest BCUT2D eigenvalue weighted by atomic mass is 32.1. The normalized spacial score (nSPS) is 18.7. The maximum Gasteiger partial charge on any atom is 0.256 e. The van der Waals surface area contributed by atoms with E-state index in [4.69, 9.17) is 5.73 Å². The number of amides is 2. The van der Waals surface area contributed by atoms with Gasteiger partial charge in [-0.2, -0.15) is 0 Å². The average Bonchev–Trinajstić information content (AvgIpc) is 2.98. The quantitative estimate of drug-likeness (QED) is 0.856. The highest BCUT2D eigenvalue weighted by Crippen LogP contribution is 2.39. The minimum absolute atomic E-state index is 0.160. The molecule has 0 bridgehead atoms. The first-order valence-electron chi connectivity index (χ1n) is 9.40. The van der Waals surface area contributed by atoms with E-state index in [2.05, 4.69) is 18.3 Å². The molecule has 4 rings (SSSR count). The number of primary amides is 1. The van der Waals surface area contributed by atoms with E-state index in [9.17, 15) is 9.59 Å². The van der Waals surface area contributed by atoms with E-state index in [1.54, 1.807) is 0 Å². The van der Waals surface area contributed by atoms with Crippen LogP contribution < -0.4 is 11.1 Å². The second-order valence-electron chi connectivity index (χ2n) is 7.56. The summed E-state index contributed by atoms with van der Waals surface area (Å²) >= 11 is 1.51. The summed E-state index contributed by atoms with van der Waals surface area (Å²) in [4.78, 5) is 26.0. The molecule has 0 saturated carbocycles. The molecule has 1 unspecified atom stereocenters. The van der Waals surface area contributed by atoms with Crippen LogP contribution in [0.3, 0.4) is 0 Å². The van der Waals surface area contributed by atoms with Crippen molar-refractivity contribution in [2.75, 3.05) is 5.32 Å². The van der Waals surface area contributed by atoms with Crippen LogP contribution in [0.1, 0.15) is 68.5 Å². The Morgan fingerprint density at radius 1 is 1.15 bits per heavy atom. The lowest BCUT2D eigenvalue weighted by Crippen LogP contribution is -2.19. The van der Waals surface area contributed by atoms with E-state index in [0.29, 0.717) is 22.0 Å². The van der Waals surface area contributed by atoms with Crippen LogP contribution >= 0.6 is 11.3 Å². The molecule has 0 fully saturated rings. The second kappa shape index (κ2) is 6.88. The van der Waals surface area contributed by atoms with Crippen LogP contribution in [0.25, 0.3) is 0 Å². The number of hydrogen-bond acceptors (Lipinski definition) is 3. The molecule has 136 valence electrons. The molecule has 2 amide bonds. The fourth-order valence-corrected chi connectivity index (χ4v) is 5.56. The molecule has 1 heterocycles. The van der Waals surface area contributed by atoms with Crippen molar-refractivity contribution in [3.63, 3.8) is 0 Å². The van der Waals surface area contributed by atoms with Gasteiger partial charge in [0.25, 0.3) is 11.8 Å². The van der Waals surface area contributed by atoms with Crippen LogP contribution in [-0.4, -0.2) is 11.8 Å². The van der Waals surface area contributed by atoms with Crippen molar-refractivity contribution in [2.24, 2.45) is 11.7 Å². The fraction of sp³-hybridized carbons (Fsp3) is 0.429. The average molecular weight is 369 g/mol. The number of rotatable bonds is 3. The van der Waals surface area contributed by atoms with Crippen LogP contribution in [0.4, 0.5) is 5.00 Å². The third-order valence-corrected chi connectivity index (χ3v) is 6.77. The predicted molar refractivity (Wildman–Crippen MR) is 105 cm³/mol. The topological polar surface area (TPSA) is 72.2 Å². The van der Waals surface area contributed by atoms with Crippen LogP contribution in [0.15, 0.2) is 18.2 Å². The number of nitrogens with one attached hydrogen (secondary N) is 1. The number of carbonyl (C=O) groups is 2. The molecule has 2 aromatic rings. The number of hydrogen-bond donors (Lipinski definition) is 2. The van der Waals surface area contributed by atoms with Gasteiger partial charge in [0.15, 0.2) is 0 Å². The van der Waals surface area contributed by atoms with Gasteiger partial charge in [-0.05, 0) is 79.7 Å². The highest BCUT2D eigenvalue weighted by molar-refractivity contribution is 7.17. The molecule has 5 heteroatoms. The highest BCUT2D eigenvalue weighted by Gasteiger charge is 2.27.